The molecule has 0 aliphatic heterocycles. The maximum absolute atomic E-state index is 12.4. The summed E-state index contributed by atoms with van der Waals surface area (Å²) in [6, 6.07) is 6.98. The molecule has 1 atom stereocenters. The number of hydrogen-bond donors (Lipinski definition) is 1. The molecule has 2 heteroatoms. The molecule has 0 saturated heterocycles. The highest BCUT2D eigenvalue weighted by Gasteiger charge is 1.98. The Balaban J connectivity index is 2.96. The van der Waals surface area contributed by atoms with Gasteiger partial charge in [-0.25, -0.2) is 4.39 Å². The van der Waals surface area contributed by atoms with Gasteiger partial charge in [-0.05, 0) is 18.6 Å². The van der Waals surface area contributed by atoms with Gasteiger partial charge < -0.3 is 5.73 Å². The van der Waals surface area contributed by atoms with E-state index < -0.39 is 0 Å². The van der Waals surface area contributed by atoms with Crippen LogP contribution in [0.25, 0.3) is 0 Å². The lowest BCUT2D eigenvalue weighted by Gasteiger charge is -2.03. The van der Waals surface area contributed by atoms with Gasteiger partial charge in [-0.3, -0.25) is 0 Å². The monoisotopic (exact) mass is 138 g/mol. The van der Waals surface area contributed by atoms with Gasteiger partial charge in [0.1, 0.15) is 5.82 Å². The van der Waals surface area contributed by atoms with E-state index in [0.717, 1.165) is 5.56 Å². The van der Waals surface area contributed by atoms with E-state index in [1.807, 2.05) is 6.92 Å². The highest BCUT2D eigenvalue weighted by molar-refractivity contribution is 5.17. The fourth-order valence-corrected chi connectivity index (χ4v) is 0.737. The van der Waals surface area contributed by atoms with Gasteiger partial charge >= 0.3 is 0 Å². The highest BCUT2D eigenvalue weighted by Crippen LogP contribution is 2.09. The lowest BCUT2D eigenvalue weighted by atomic mass is 10.1. The Morgan fingerprint density at radius 3 is 2.80 bits per heavy atom. The maximum atomic E-state index is 12.4. The predicted octanol–water partition coefficient (Wildman–Crippen LogP) is 1.65. The molecule has 53 valence electrons. The molecular weight excluding hydrogens is 129 g/mol. The number of hydrogen-bond acceptors (Lipinski definition) is 1. The molecule has 0 aromatic heterocycles. The van der Waals surface area contributed by atoms with Crippen LogP contribution < -0.4 is 5.73 Å². The minimum Gasteiger partial charge on any atom is -0.324 e. The molecule has 0 aliphatic carbocycles. The first-order chi connectivity index (χ1) is 4.70. The fourth-order valence-electron chi connectivity index (χ4n) is 0.737. The first-order valence-electron chi connectivity index (χ1n) is 3.13. The Bertz CT molecular complexity index is 220. The molecule has 0 bridgehead atoms. The van der Waals surface area contributed by atoms with E-state index in [2.05, 4.69) is 6.07 Å². The molecule has 2 N–H and O–H groups in total. The van der Waals surface area contributed by atoms with Crippen molar-refractivity contribution in [3.8, 4) is 0 Å². The predicted molar refractivity (Wildman–Crippen MR) is 37.8 cm³/mol. The summed E-state index contributed by atoms with van der Waals surface area (Å²) >= 11 is 0. The molecule has 1 aromatic rings. The van der Waals surface area contributed by atoms with Crippen molar-refractivity contribution in [1.29, 1.82) is 0 Å². The van der Waals surface area contributed by atoms with Crippen molar-refractivity contribution >= 4 is 0 Å². The largest absolute Gasteiger partial charge is 0.324 e. The Kier molecular flexibility index (Phi) is 2.02. The van der Waals surface area contributed by atoms with Gasteiger partial charge in [-0.1, -0.05) is 12.1 Å². The molecule has 1 aromatic carbocycles. The van der Waals surface area contributed by atoms with Gasteiger partial charge in [0.25, 0.3) is 0 Å². The summed E-state index contributed by atoms with van der Waals surface area (Å²) in [4.78, 5) is 0. The average molecular weight is 138 g/mol. The first-order valence-corrected chi connectivity index (χ1v) is 3.13. The van der Waals surface area contributed by atoms with E-state index >= 15 is 0 Å². The normalized spacial score (nSPS) is 13.1. The van der Waals surface area contributed by atoms with Gasteiger partial charge in [0.05, 0.1) is 0 Å². The number of benzene rings is 1. The summed E-state index contributed by atoms with van der Waals surface area (Å²) in [7, 11) is 0. The lowest BCUT2D eigenvalue weighted by Crippen LogP contribution is -2.04. The summed E-state index contributed by atoms with van der Waals surface area (Å²) in [5.41, 5.74) is 6.30. The van der Waals surface area contributed by atoms with Crippen LogP contribution in [0.5, 0.6) is 0 Å². The summed E-state index contributed by atoms with van der Waals surface area (Å²) in [6.45, 7) is 1.81. The van der Waals surface area contributed by atoms with Crippen LogP contribution in [0.3, 0.4) is 0 Å². The third kappa shape index (κ3) is 1.54. The zero-order valence-electron chi connectivity index (χ0n) is 5.76. The summed E-state index contributed by atoms with van der Waals surface area (Å²) in [6.07, 6.45) is 0. The molecule has 0 spiro atoms. The van der Waals surface area contributed by atoms with Gasteiger partial charge in [-0.15, -0.1) is 0 Å². The van der Waals surface area contributed by atoms with Crippen LogP contribution in [-0.4, -0.2) is 0 Å². The van der Waals surface area contributed by atoms with E-state index in [4.69, 9.17) is 5.73 Å². The molecule has 0 fully saturated rings. The van der Waals surface area contributed by atoms with Crippen LogP contribution in [0.2, 0.25) is 0 Å². The Morgan fingerprint density at radius 1 is 1.70 bits per heavy atom. The van der Waals surface area contributed by atoms with E-state index in [1.54, 1.807) is 6.07 Å². The second-order valence-electron chi connectivity index (χ2n) is 2.26. The van der Waals surface area contributed by atoms with E-state index in [0.29, 0.717) is 0 Å². The Morgan fingerprint density at radius 2 is 2.40 bits per heavy atom. The van der Waals surface area contributed by atoms with Crippen molar-refractivity contribution in [3.63, 3.8) is 0 Å². The Hall–Kier alpha value is -0.890. The summed E-state index contributed by atoms with van der Waals surface area (Å²) in [5.74, 6) is -0.352. The molecule has 1 rings (SSSR count). The van der Waals surface area contributed by atoms with Crippen LogP contribution in [0.4, 0.5) is 4.39 Å². The molecule has 0 saturated carbocycles. The topological polar surface area (TPSA) is 26.0 Å². The highest BCUT2D eigenvalue weighted by atomic mass is 19.1. The van der Waals surface area contributed by atoms with Gasteiger partial charge in [0, 0.05) is 12.1 Å². The second-order valence-corrected chi connectivity index (χ2v) is 2.26. The van der Waals surface area contributed by atoms with Gasteiger partial charge in [0.2, 0.25) is 0 Å². The van der Waals surface area contributed by atoms with Crippen LogP contribution in [0, 0.1) is 11.9 Å². The van der Waals surface area contributed by atoms with E-state index in [1.165, 1.54) is 12.1 Å². The smallest absolute Gasteiger partial charge is 0.131 e. The summed E-state index contributed by atoms with van der Waals surface area (Å²) < 4.78 is 12.4. The zero-order chi connectivity index (χ0) is 7.56. The number of halogens is 1. The van der Waals surface area contributed by atoms with Crippen molar-refractivity contribution in [3.05, 3.63) is 35.6 Å². The third-order valence-corrected chi connectivity index (χ3v) is 1.32. The van der Waals surface area contributed by atoms with Crippen LogP contribution in [0.1, 0.15) is 18.5 Å². The summed E-state index contributed by atoms with van der Waals surface area (Å²) in [5, 5.41) is 0. The number of rotatable bonds is 1. The van der Waals surface area contributed by atoms with Crippen molar-refractivity contribution in [1.82, 2.24) is 0 Å². The van der Waals surface area contributed by atoms with Crippen LogP contribution in [-0.2, 0) is 0 Å². The van der Waals surface area contributed by atoms with E-state index in [9.17, 15) is 4.39 Å². The first kappa shape index (κ1) is 7.22. The van der Waals surface area contributed by atoms with Crippen molar-refractivity contribution in [2.45, 2.75) is 13.0 Å². The van der Waals surface area contributed by atoms with Crippen molar-refractivity contribution in [2.24, 2.45) is 5.73 Å². The van der Waals surface area contributed by atoms with Crippen molar-refractivity contribution in [2.75, 3.05) is 0 Å². The maximum Gasteiger partial charge on any atom is 0.131 e. The third-order valence-electron chi connectivity index (χ3n) is 1.32. The quantitative estimate of drug-likeness (QED) is 0.627. The van der Waals surface area contributed by atoms with Crippen LogP contribution in [0.15, 0.2) is 18.2 Å². The zero-order valence-corrected chi connectivity index (χ0v) is 5.76. The molecule has 10 heavy (non-hydrogen) atoms. The van der Waals surface area contributed by atoms with Crippen molar-refractivity contribution < 1.29 is 4.39 Å². The molecule has 0 amide bonds. The number of nitrogens with two attached hydrogens (primary N) is 1. The molecule has 0 aliphatic rings. The molecule has 1 radical (unpaired) electrons. The molecule has 1 nitrogen and oxygen atoms in total. The second kappa shape index (κ2) is 2.80. The minimum absolute atomic E-state index is 0.107. The minimum atomic E-state index is -0.352. The van der Waals surface area contributed by atoms with Crippen LogP contribution >= 0.6 is 0 Å². The fraction of sp³-hybridized carbons (Fsp3) is 0.250. The van der Waals surface area contributed by atoms with Gasteiger partial charge in [-0.2, -0.15) is 0 Å². The SMILES string of the molecule is CC(N)c1cc[c]c(F)c1. The Labute approximate surface area is 59.7 Å². The van der Waals surface area contributed by atoms with Gasteiger partial charge in [0.15, 0.2) is 0 Å². The molecule has 1 unspecified atom stereocenters. The molecule has 0 heterocycles. The average Bonchev–Trinajstić information content (AvgIpc) is 1.88. The molecular formula is C8H9FN. The standard InChI is InChI=1S/C8H9FN/c1-6(10)7-3-2-4-8(9)5-7/h2-3,5-6H,10H2,1H3. The lowest BCUT2D eigenvalue weighted by molar-refractivity contribution is 0.620. The van der Waals surface area contributed by atoms with E-state index in [-0.39, 0.29) is 11.9 Å².